The van der Waals surface area contributed by atoms with Crippen LogP contribution in [0.2, 0.25) is 10.0 Å². The molecule has 0 bridgehead atoms. The molecule has 0 radical (unpaired) electrons. The molecule has 1 aliphatic rings. The van der Waals surface area contributed by atoms with Crippen LogP contribution in [0, 0.1) is 0 Å². The lowest BCUT2D eigenvalue weighted by atomic mass is 10.1. The molecule has 0 aromatic heterocycles. The minimum absolute atomic E-state index is 0.0848. The number of carbonyl (C=O) groups excluding carboxylic acids is 1. The molecule has 0 spiro atoms. The minimum Gasteiger partial charge on any atom is -0.289 e. The number of rotatable bonds is 1. The normalized spacial score (nSPS) is 15.9. The highest BCUT2D eigenvalue weighted by Gasteiger charge is 2.24. The summed E-state index contributed by atoms with van der Waals surface area (Å²) in [6, 6.07) is 13.0. The number of Topliss-reactive ketones (excluding diaryl/α,β-unsaturated/α-hetero) is 1. The predicted octanol–water partition coefficient (Wildman–Crippen LogP) is 4.82. The fourth-order valence-corrected chi connectivity index (χ4v) is 2.74. The maximum absolute atomic E-state index is 12.2. The first-order valence-electron chi connectivity index (χ1n) is 5.93. The molecule has 2 aromatic rings. The summed E-state index contributed by atoms with van der Waals surface area (Å²) in [6.45, 7) is 0. The minimum atomic E-state index is 0.0848. The maximum atomic E-state index is 12.2. The first-order valence-corrected chi connectivity index (χ1v) is 6.69. The fourth-order valence-electron chi connectivity index (χ4n) is 2.28. The van der Waals surface area contributed by atoms with Gasteiger partial charge in [-0.3, -0.25) is 4.79 Å². The Bertz CT molecular complexity index is 702. The van der Waals surface area contributed by atoms with E-state index in [9.17, 15) is 4.79 Å². The van der Waals surface area contributed by atoms with Gasteiger partial charge in [0.2, 0.25) is 0 Å². The standard InChI is InChI=1S/C16H10Cl2O/c17-13-6-5-11(15(18)9-13)8-12-7-10-3-1-2-4-14(10)16(12)19/h1-6,8-9H,7H2/b12-8-. The second-order valence-corrected chi connectivity index (χ2v) is 5.34. The van der Waals surface area contributed by atoms with Gasteiger partial charge in [0.25, 0.3) is 0 Å². The molecule has 1 aliphatic carbocycles. The molecule has 94 valence electrons. The van der Waals surface area contributed by atoms with Gasteiger partial charge in [-0.05, 0) is 29.3 Å². The van der Waals surface area contributed by atoms with Gasteiger partial charge >= 0.3 is 0 Å². The van der Waals surface area contributed by atoms with Crippen molar-refractivity contribution in [3.63, 3.8) is 0 Å². The number of hydrogen-bond donors (Lipinski definition) is 0. The number of allylic oxidation sites excluding steroid dienone is 1. The van der Waals surface area contributed by atoms with Crippen LogP contribution >= 0.6 is 23.2 Å². The van der Waals surface area contributed by atoms with Crippen molar-refractivity contribution in [3.8, 4) is 0 Å². The lowest BCUT2D eigenvalue weighted by Gasteiger charge is -2.00. The quantitative estimate of drug-likeness (QED) is 0.688. The van der Waals surface area contributed by atoms with Crippen molar-refractivity contribution >= 4 is 35.1 Å². The smallest absolute Gasteiger partial charge is 0.189 e. The van der Waals surface area contributed by atoms with E-state index in [-0.39, 0.29) is 5.78 Å². The van der Waals surface area contributed by atoms with E-state index in [1.807, 2.05) is 36.4 Å². The van der Waals surface area contributed by atoms with Gasteiger partial charge in [-0.2, -0.15) is 0 Å². The van der Waals surface area contributed by atoms with Gasteiger partial charge in [0.1, 0.15) is 0 Å². The molecule has 0 heterocycles. The average molecular weight is 289 g/mol. The third kappa shape index (κ3) is 2.32. The molecule has 1 nitrogen and oxygen atoms in total. The van der Waals surface area contributed by atoms with Crippen LogP contribution in [0.4, 0.5) is 0 Å². The Balaban J connectivity index is 2.01. The number of benzene rings is 2. The van der Waals surface area contributed by atoms with E-state index >= 15 is 0 Å². The van der Waals surface area contributed by atoms with Crippen molar-refractivity contribution in [2.75, 3.05) is 0 Å². The monoisotopic (exact) mass is 288 g/mol. The first-order chi connectivity index (χ1) is 9.15. The van der Waals surface area contributed by atoms with E-state index < -0.39 is 0 Å². The summed E-state index contributed by atoms with van der Waals surface area (Å²) in [5.41, 5.74) is 3.45. The Morgan fingerprint density at radius 1 is 1.05 bits per heavy atom. The highest BCUT2D eigenvalue weighted by Crippen LogP contribution is 2.30. The predicted molar refractivity (Wildman–Crippen MR) is 78.9 cm³/mol. The van der Waals surface area contributed by atoms with Crippen LogP contribution in [-0.2, 0) is 6.42 Å². The third-order valence-corrected chi connectivity index (χ3v) is 3.79. The molecule has 2 aromatic carbocycles. The Labute approximate surface area is 121 Å². The Morgan fingerprint density at radius 2 is 1.84 bits per heavy atom. The molecule has 0 saturated carbocycles. The van der Waals surface area contributed by atoms with Crippen molar-refractivity contribution in [3.05, 3.63) is 74.8 Å². The molecule has 0 aliphatic heterocycles. The van der Waals surface area contributed by atoms with Gasteiger partial charge in [0.15, 0.2) is 5.78 Å². The summed E-state index contributed by atoms with van der Waals surface area (Å²) in [7, 11) is 0. The van der Waals surface area contributed by atoms with Crippen molar-refractivity contribution < 1.29 is 4.79 Å². The van der Waals surface area contributed by atoms with Crippen LogP contribution in [0.1, 0.15) is 21.5 Å². The molecule has 0 amide bonds. The SMILES string of the molecule is O=C1/C(=C\c2ccc(Cl)cc2Cl)Cc2ccccc21. The van der Waals surface area contributed by atoms with Crippen LogP contribution in [0.25, 0.3) is 6.08 Å². The second-order valence-electron chi connectivity index (χ2n) is 4.50. The molecule has 3 rings (SSSR count). The zero-order valence-corrected chi connectivity index (χ0v) is 11.5. The largest absolute Gasteiger partial charge is 0.289 e. The highest BCUT2D eigenvalue weighted by atomic mass is 35.5. The summed E-state index contributed by atoms with van der Waals surface area (Å²) in [6.07, 6.45) is 2.51. The molecule has 19 heavy (non-hydrogen) atoms. The number of ketones is 1. The molecule has 0 unspecified atom stereocenters. The van der Waals surface area contributed by atoms with Gasteiger partial charge in [-0.15, -0.1) is 0 Å². The van der Waals surface area contributed by atoms with Crippen molar-refractivity contribution in [2.24, 2.45) is 0 Å². The van der Waals surface area contributed by atoms with E-state index in [2.05, 4.69) is 0 Å². The molecule has 0 saturated heterocycles. The average Bonchev–Trinajstić information content (AvgIpc) is 2.70. The summed E-state index contributed by atoms with van der Waals surface area (Å²) >= 11 is 12.0. The van der Waals surface area contributed by atoms with E-state index in [0.717, 1.165) is 22.3 Å². The number of fused-ring (bicyclic) bond motifs is 1. The van der Waals surface area contributed by atoms with Gasteiger partial charge in [0, 0.05) is 27.6 Å². The van der Waals surface area contributed by atoms with Crippen LogP contribution in [0.3, 0.4) is 0 Å². The zero-order valence-electron chi connectivity index (χ0n) is 9.99. The van der Waals surface area contributed by atoms with Gasteiger partial charge in [-0.1, -0.05) is 53.5 Å². The molecule has 0 atom stereocenters. The van der Waals surface area contributed by atoms with Crippen LogP contribution in [-0.4, -0.2) is 5.78 Å². The second kappa shape index (κ2) is 4.84. The van der Waals surface area contributed by atoms with Crippen LogP contribution in [0.15, 0.2) is 48.0 Å². The van der Waals surface area contributed by atoms with Crippen LogP contribution in [0.5, 0.6) is 0 Å². The van der Waals surface area contributed by atoms with Gasteiger partial charge < -0.3 is 0 Å². The number of hydrogen-bond acceptors (Lipinski definition) is 1. The van der Waals surface area contributed by atoms with E-state index in [1.54, 1.807) is 12.1 Å². The van der Waals surface area contributed by atoms with E-state index in [1.165, 1.54) is 0 Å². The van der Waals surface area contributed by atoms with Gasteiger partial charge in [-0.25, -0.2) is 0 Å². The lowest BCUT2D eigenvalue weighted by Crippen LogP contribution is -1.95. The van der Waals surface area contributed by atoms with E-state index in [0.29, 0.717) is 16.5 Å². The molecule has 0 fully saturated rings. The number of carbonyl (C=O) groups is 1. The molecular weight excluding hydrogens is 279 g/mol. The van der Waals surface area contributed by atoms with Gasteiger partial charge in [0.05, 0.1) is 0 Å². The number of halogens is 2. The lowest BCUT2D eigenvalue weighted by molar-refractivity contribution is 0.104. The van der Waals surface area contributed by atoms with Crippen molar-refractivity contribution in [2.45, 2.75) is 6.42 Å². The maximum Gasteiger partial charge on any atom is 0.189 e. The summed E-state index contributed by atoms with van der Waals surface area (Å²) < 4.78 is 0. The molecule has 0 N–H and O–H groups in total. The van der Waals surface area contributed by atoms with E-state index in [4.69, 9.17) is 23.2 Å². The zero-order chi connectivity index (χ0) is 13.4. The van der Waals surface area contributed by atoms with Crippen LogP contribution < -0.4 is 0 Å². The first kappa shape index (κ1) is 12.5. The molecule has 3 heteroatoms. The van der Waals surface area contributed by atoms with Crippen molar-refractivity contribution in [1.82, 2.24) is 0 Å². The Kier molecular flexibility index (Phi) is 3.17. The summed E-state index contributed by atoms with van der Waals surface area (Å²) in [5.74, 6) is 0.0848. The summed E-state index contributed by atoms with van der Waals surface area (Å²) in [5, 5.41) is 1.15. The summed E-state index contributed by atoms with van der Waals surface area (Å²) in [4.78, 5) is 12.2. The highest BCUT2D eigenvalue weighted by molar-refractivity contribution is 6.35. The molecular formula is C16H10Cl2O. The third-order valence-electron chi connectivity index (χ3n) is 3.23. The Morgan fingerprint density at radius 3 is 2.58 bits per heavy atom. The Hall–Kier alpha value is -1.57. The fraction of sp³-hybridized carbons (Fsp3) is 0.0625. The topological polar surface area (TPSA) is 17.1 Å². The van der Waals surface area contributed by atoms with Crippen molar-refractivity contribution in [1.29, 1.82) is 0 Å².